The first-order chi connectivity index (χ1) is 8.91. The van der Waals surface area contributed by atoms with Gasteiger partial charge >= 0.3 is 5.97 Å². The van der Waals surface area contributed by atoms with Crippen LogP contribution in [0, 0.1) is 5.92 Å². The van der Waals surface area contributed by atoms with Gasteiger partial charge in [-0.2, -0.15) is 0 Å². The van der Waals surface area contributed by atoms with Crippen LogP contribution in [-0.2, 0) is 21.2 Å². The van der Waals surface area contributed by atoms with E-state index < -0.39 is 16.0 Å². The van der Waals surface area contributed by atoms with Crippen LogP contribution in [0.2, 0.25) is 0 Å². The summed E-state index contributed by atoms with van der Waals surface area (Å²) in [6.45, 7) is 2.30. The standard InChI is InChI=1S/C13H17NO4S/c1-2-10-5-6-11(19(14,16)17)7-12(10)13(15)18-8-9-3-4-9/h5-7,9H,2-4,8H2,1H3,(H2,14,16,17). The second-order valence-corrected chi connectivity index (χ2v) is 6.32. The highest BCUT2D eigenvalue weighted by Gasteiger charge is 2.24. The van der Waals surface area contributed by atoms with E-state index in [2.05, 4.69) is 0 Å². The molecule has 0 unspecified atom stereocenters. The fourth-order valence-electron chi connectivity index (χ4n) is 1.79. The van der Waals surface area contributed by atoms with E-state index in [1.54, 1.807) is 6.07 Å². The molecule has 1 aliphatic rings. The number of ether oxygens (including phenoxy) is 1. The Hall–Kier alpha value is -1.40. The minimum absolute atomic E-state index is 0.0666. The summed E-state index contributed by atoms with van der Waals surface area (Å²) in [5, 5.41) is 5.07. The van der Waals surface area contributed by atoms with Crippen LogP contribution in [-0.4, -0.2) is 21.0 Å². The van der Waals surface area contributed by atoms with Crippen molar-refractivity contribution in [3.05, 3.63) is 29.3 Å². The maximum atomic E-state index is 12.0. The molecule has 1 saturated carbocycles. The van der Waals surface area contributed by atoms with Gasteiger partial charge in [0.05, 0.1) is 17.1 Å². The molecule has 2 rings (SSSR count). The van der Waals surface area contributed by atoms with Gasteiger partial charge in [0.1, 0.15) is 0 Å². The van der Waals surface area contributed by atoms with Crippen LogP contribution >= 0.6 is 0 Å². The SMILES string of the molecule is CCc1ccc(S(N)(=O)=O)cc1C(=O)OCC1CC1. The van der Waals surface area contributed by atoms with Crippen LogP contribution in [0.25, 0.3) is 0 Å². The maximum absolute atomic E-state index is 12.0. The Morgan fingerprint density at radius 3 is 2.63 bits per heavy atom. The average Bonchev–Trinajstić information content (AvgIpc) is 3.18. The van der Waals surface area contributed by atoms with E-state index >= 15 is 0 Å². The summed E-state index contributed by atoms with van der Waals surface area (Å²) in [6.07, 6.45) is 2.80. The molecule has 19 heavy (non-hydrogen) atoms. The fourth-order valence-corrected chi connectivity index (χ4v) is 2.33. The van der Waals surface area contributed by atoms with Crippen molar-refractivity contribution < 1.29 is 17.9 Å². The summed E-state index contributed by atoms with van der Waals surface area (Å²) in [5.41, 5.74) is 1.04. The van der Waals surface area contributed by atoms with E-state index in [1.165, 1.54) is 12.1 Å². The summed E-state index contributed by atoms with van der Waals surface area (Å²) in [6, 6.07) is 4.31. The van der Waals surface area contributed by atoms with Gasteiger partial charge in [-0.05, 0) is 42.9 Å². The zero-order valence-corrected chi connectivity index (χ0v) is 11.6. The largest absolute Gasteiger partial charge is 0.462 e. The lowest BCUT2D eigenvalue weighted by Crippen LogP contribution is -2.15. The highest BCUT2D eigenvalue weighted by Crippen LogP contribution is 2.29. The van der Waals surface area contributed by atoms with E-state index in [0.29, 0.717) is 18.9 Å². The number of nitrogens with two attached hydrogens (primary N) is 1. The van der Waals surface area contributed by atoms with E-state index in [-0.39, 0.29) is 10.5 Å². The van der Waals surface area contributed by atoms with E-state index in [9.17, 15) is 13.2 Å². The topological polar surface area (TPSA) is 86.5 Å². The Morgan fingerprint density at radius 2 is 2.11 bits per heavy atom. The number of aryl methyl sites for hydroxylation is 1. The van der Waals surface area contributed by atoms with Crippen LogP contribution in [0.15, 0.2) is 23.1 Å². The highest BCUT2D eigenvalue weighted by molar-refractivity contribution is 7.89. The quantitative estimate of drug-likeness (QED) is 0.829. The summed E-state index contributed by atoms with van der Waals surface area (Å²) in [4.78, 5) is 11.9. The average molecular weight is 283 g/mol. The van der Waals surface area contributed by atoms with E-state index in [0.717, 1.165) is 18.4 Å². The molecule has 2 N–H and O–H groups in total. The molecule has 6 heteroatoms. The smallest absolute Gasteiger partial charge is 0.338 e. The minimum Gasteiger partial charge on any atom is -0.462 e. The third kappa shape index (κ3) is 3.54. The Kier molecular flexibility index (Phi) is 3.91. The number of carbonyl (C=O) groups excluding carboxylic acids is 1. The molecule has 5 nitrogen and oxygen atoms in total. The number of sulfonamides is 1. The van der Waals surface area contributed by atoms with Crippen LogP contribution in [0.4, 0.5) is 0 Å². The van der Waals surface area contributed by atoms with Crippen molar-refractivity contribution in [1.29, 1.82) is 0 Å². The molecular weight excluding hydrogens is 266 g/mol. The molecule has 0 saturated heterocycles. The third-order valence-corrected chi connectivity index (χ3v) is 4.07. The Labute approximate surface area is 112 Å². The molecule has 1 aliphatic carbocycles. The number of hydrogen-bond acceptors (Lipinski definition) is 4. The lowest BCUT2D eigenvalue weighted by atomic mass is 10.1. The Bertz CT molecular complexity index is 591. The molecule has 1 aromatic rings. The monoisotopic (exact) mass is 283 g/mol. The number of benzene rings is 1. The van der Waals surface area contributed by atoms with Gasteiger partial charge in [0.2, 0.25) is 10.0 Å². The van der Waals surface area contributed by atoms with Crippen molar-refractivity contribution >= 4 is 16.0 Å². The number of hydrogen-bond donors (Lipinski definition) is 1. The second kappa shape index (κ2) is 5.30. The third-order valence-electron chi connectivity index (χ3n) is 3.16. The van der Waals surface area contributed by atoms with Crippen LogP contribution in [0.5, 0.6) is 0 Å². The molecule has 0 heterocycles. The predicted molar refractivity (Wildman–Crippen MR) is 70.2 cm³/mol. The molecule has 0 atom stereocenters. The molecule has 1 fully saturated rings. The summed E-state index contributed by atoms with van der Waals surface area (Å²) in [7, 11) is -3.81. The van der Waals surface area contributed by atoms with Crippen LogP contribution in [0.3, 0.4) is 0 Å². The highest BCUT2D eigenvalue weighted by atomic mass is 32.2. The number of esters is 1. The first kappa shape index (κ1) is 14.0. The molecule has 104 valence electrons. The molecule has 0 bridgehead atoms. The van der Waals surface area contributed by atoms with E-state index in [1.807, 2.05) is 6.92 Å². The van der Waals surface area contributed by atoms with Crippen molar-refractivity contribution in [3.63, 3.8) is 0 Å². The van der Waals surface area contributed by atoms with Gasteiger partial charge in [-0.15, -0.1) is 0 Å². The maximum Gasteiger partial charge on any atom is 0.338 e. The van der Waals surface area contributed by atoms with Gasteiger partial charge in [-0.25, -0.2) is 18.4 Å². The van der Waals surface area contributed by atoms with E-state index in [4.69, 9.17) is 9.88 Å². The minimum atomic E-state index is -3.81. The zero-order valence-electron chi connectivity index (χ0n) is 10.8. The molecule has 0 aliphatic heterocycles. The summed E-state index contributed by atoms with van der Waals surface area (Å²) in [5.74, 6) is -0.00954. The molecular formula is C13H17NO4S. The van der Waals surface area contributed by atoms with Gasteiger partial charge in [-0.1, -0.05) is 13.0 Å². The molecule has 0 radical (unpaired) electrons. The number of primary sulfonamides is 1. The van der Waals surface area contributed by atoms with Crippen molar-refractivity contribution in [3.8, 4) is 0 Å². The first-order valence-electron chi connectivity index (χ1n) is 6.24. The predicted octanol–water partition coefficient (Wildman–Crippen LogP) is 1.46. The molecule has 0 spiro atoms. The molecule has 1 aromatic carbocycles. The van der Waals surface area contributed by atoms with Crippen molar-refractivity contribution in [2.75, 3.05) is 6.61 Å². The van der Waals surface area contributed by atoms with Crippen LogP contribution in [0.1, 0.15) is 35.7 Å². The lowest BCUT2D eigenvalue weighted by Gasteiger charge is -2.09. The van der Waals surface area contributed by atoms with Gasteiger partial charge in [0.15, 0.2) is 0 Å². The van der Waals surface area contributed by atoms with Crippen molar-refractivity contribution in [1.82, 2.24) is 0 Å². The Morgan fingerprint density at radius 1 is 1.42 bits per heavy atom. The summed E-state index contributed by atoms with van der Waals surface area (Å²) >= 11 is 0. The fraction of sp³-hybridized carbons (Fsp3) is 0.462. The Balaban J connectivity index is 2.26. The zero-order chi connectivity index (χ0) is 14.0. The molecule has 0 amide bonds. The number of rotatable bonds is 5. The first-order valence-corrected chi connectivity index (χ1v) is 7.79. The van der Waals surface area contributed by atoms with Crippen molar-refractivity contribution in [2.24, 2.45) is 11.1 Å². The second-order valence-electron chi connectivity index (χ2n) is 4.76. The van der Waals surface area contributed by atoms with Gasteiger partial charge < -0.3 is 4.74 Å². The van der Waals surface area contributed by atoms with Gasteiger partial charge in [-0.3, -0.25) is 0 Å². The van der Waals surface area contributed by atoms with Gasteiger partial charge in [0, 0.05) is 0 Å². The number of carbonyl (C=O) groups is 1. The summed E-state index contributed by atoms with van der Waals surface area (Å²) < 4.78 is 27.8. The molecule has 0 aromatic heterocycles. The van der Waals surface area contributed by atoms with Crippen molar-refractivity contribution in [2.45, 2.75) is 31.1 Å². The normalized spacial score (nSPS) is 15.3. The van der Waals surface area contributed by atoms with Crippen LogP contribution < -0.4 is 5.14 Å². The lowest BCUT2D eigenvalue weighted by molar-refractivity contribution is 0.0484. The van der Waals surface area contributed by atoms with Gasteiger partial charge in [0.25, 0.3) is 0 Å².